The van der Waals surface area contributed by atoms with Gasteiger partial charge in [-0.05, 0) is 57.2 Å². The Morgan fingerprint density at radius 2 is 1.47 bits per heavy atom. The van der Waals surface area contributed by atoms with Gasteiger partial charge in [0.2, 0.25) is 5.88 Å². The van der Waals surface area contributed by atoms with Gasteiger partial charge in [-0.15, -0.1) is 0 Å². The Balaban J connectivity index is 1.85. The van der Waals surface area contributed by atoms with Gasteiger partial charge in [0.25, 0.3) is 5.56 Å². The molecule has 1 N–H and O–H groups in total. The molecule has 190 valence electrons. The number of benzene rings is 1. The van der Waals surface area contributed by atoms with Crippen molar-refractivity contribution in [2.75, 3.05) is 6.61 Å². The molecule has 0 atom stereocenters. The topological polar surface area (TPSA) is 73.5 Å². The second-order valence-electron chi connectivity index (χ2n) is 9.57. The predicted octanol–water partition coefficient (Wildman–Crippen LogP) is 5.91. The highest BCUT2D eigenvalue weighted by molar-refractivity contribution is 5.69. The van der Waals surface area contributed by atoms with Crippen LogP contribution in [0.4, 0.5) is 0 Å². The molecule has 0 unspecified atom stereocenters. The Morgan fingerprint density at radius 3 is 2.09 bits per heavy atom. The molecule has 0 fully saturated rings. The number of esters is 1. The van der Waals surface area contributed by atoms with E-state index in [1.54, 1.807) is 11.6 Å². The van der Waals surface area contributed by atoms with Crippen molar-refractivity contribution in [3.8, 4) is 5.88 Å². The van der Waals surface area contributed by atoms with Gasteiger partial charge in [-0.1, -0.05) is 69.6 Å². The number of aryl methyl sites for hydroxylation is 3. The molecule has 0 spiro atoms. The van der Waals surface area contributed by atoms with E-state index in [9.17, 15) is 14.7 Å². The fraction of sp³-hybridized carbons (Fsp3) is 0.643. The van der Waals surface area contributed by atoms with Gasteiger partial charge >= 0.3 is 5.97 Å². The van der Waals surface area contributed by atoms with Crippen molar-refractivity contribution in [2.24, 2.45) is 0 Å². The Bertz CT molecular complexity index is 964. The van der Waals surface area contributed by atoms with Crippen LogP contribution in [0.3, 0.4) is 0 Å². The summed E-state index contributed by atoms with van der Waals surface area (Å²) >= 11 is 0. The highest BCUT2D eigenvalue weighted by atomic mass is 16.5. The van der Waals surface area contributed by atoms with Gasteiger partial charge in [-0.3, -0.25) is 14.3 Å². The summed E-state index contributed by atoms with van der Waals surface area (Å²) < 4.78 is 8.45. The van der Waals surface area contributed by atoms with Gasteiger partial charge in [0.1, 0.15) is 0 Å². The lowest BCUT2D eigenvalue weighted by molar-refractivity contribution is -0.144. The predicted molar refractivity (Wildman–Crippen MR) is 138 cm³/mol. The zero-order valence-electron chi connectivity index (χ0n) is 21.9. The van der Waals surface area contributed by atoms with E-state index in [1.165, 1.54) is 65.5 Å². The molecule has 2 aromatic rings. The van der Waals surface area contributed by atoms with Crippen LogP contribution in [0.1, 0.15) is 92.5 Å². The van der Waals surface area contributed by atoms with Crippen molar-refractivity contribution in [3.05, 3.63) is 50.3 Å². The maximum Gasteiger partial charge on any atom is 0.307 e. The van der Waals surface area contributed by atoms with E-state index in [1.807, 2.05) is 0 Å². The Hall–Kier alpha value is -2.50. The summed E-state index contributed by atoms with van der Waals surface area (Å²) in [4.78, 5) is 25.0. The molecule has 1 heterocycles. The van der Waals surface area contributed by atoms with Crippen molar-refractivity contribution in [2.45, 2.75) is 112 Å². The van der Waals surface area contributed by atoms with E-state index >= 15 is 0 Å². The molecular formula is C28H44N2O4. The van der Waals surface area contributed by atoms with Crippen LogP contribution in [0.25, 0.3) is 0 Å². The van der Waals surface area contributed by atoms with Crippen LogP contribution < -0.4 is 5.56 Å². The minimum atomic E-state index is -0.294. The van der Waals surface area contributed by atoms with Gasteiger partial charge in [-0.25, -0.2) is 4.68 Å². The molecule has 0 amide bonds. The zero-order valence-corrected chi connectivity index (χ0v) is 21.9. The van der Waals surface area contributed by atoms with Crippen LogP contribution >= 0.6 is 0 Å². The molecule has 34 heavy (non-hydrogen) atoms. The van der Waals surface area contributed by atoms with E-state index in [2.05, 4.69) is 39.8 Å². The minimum Gasteiger partial charge on any atom is -0.493 e. The Labute approximate surface area is 204 Å². The highest BCUT2D eigenvalue weighted by Crippen LogP contribution is 2.19. The van der Waals surface area contributed by atoms with Gasteiger partial charge in [0.05, 0.1) is 25.1 Å². The second-order valence-corrected chi connectivity index (χ2v) is 9.57. The summed E-state index contributed by atoms with van der Waals surface area (Å²) in [6.45, 7) is 11.2. The first kappa shape index (κ1) is 27.7. The van der Waals surface area contributed by atoms with Crippen molar-refractivity contribution in [1.29, 1.82) is 0 Å². The maximum atomic E-state index is 12.7. The summed E-state index contributed by atoms with van der Waals surface area (Å²) in [6.07, 6.45) is 10.4. The van der Waals surface area contributed by atoms with Gasteiger partial charge in [0, 0.05) is 6.54 Å². The molecule has 1 aromatic carbocycles. The number of ether oxygens (including phenoxy) is 1. The summed E-state index contributed by atoms with van der Waals surface area (Å²) in [5, 5.41) is 10.5. The van der Waals surface area contributed by atoms with Crippen LogP contribution in [0.2, 0.25) is 0 Å². The van der Waals surface area contributed by atoms with Crippen molar-refractivity contribution < 1.29 is 14.6 Å². The number of aromatic nitrogens is 2. The number of hydrogen-bond donors (Lipinski definition) is 1. The first-order valence-corrected chi connectivity index (χ1v) is 13.0. The summed E-state index contributed by atoms with van der Waals surface area (Å²) in [7, 11) is 0. The molecule has 6 nitrogen and oxygen atoms in total. The van der Waals surface area contributed by atoms with Crippen molar-refractivity contribution >= 4 is 5.97 Å². The molecule has 2 rings (SSSR count). The third kappa shape index (κ3) is 8.07. The lowest BCUT2D eigenvalue weighted by Gasteiger charge is -2.15. The number of carbonyl (C=O) groups excluding carboxylic acids is 1. The van der Waals surface area contributed by atoms with Crippen LogP contribution in [0.15, 0.2) is 16.9 Å². The van der Waals surface area contributed by atoms with Crippen LogP contribution in [-0.4, -0.2) is 27.0 Å². The molecule has 0 bridgehead atoms. The number of unbranched alkanes of at least 4 members (excludes halogenated alkanes) is 7. The van der Waals surface area contributed by atoms with E-state index in [4.69, 9.17) is 4.74 Å². The molecule has 0 aliphatic heterocycles. The zero-order chi connectivity index (χ0) is 25.1. The maximum absolute atomic E-state index is 12.7. The molecule has 0 saturated heterocycles. The smallest absolute Gasteiger partial charge is 0.307 e. The van der Waals surface area contributed by atoms with Crippen molar-refractivity contribution in [1.82, 2.24) is 9.36 Å². The van der Waals surface area contributed by atoms with E-state index in [-0.39, 0.29) is 30.4 Å². The number of hydrogen-bond acceptors (Lipinski definition) is 4. The number of aromatic hydroxyl groups is 1. The summed E-state index contributed by atoms with van der Waals surface area (Å²) in [5.41, 5.74) is 4.94. The molecule has 6 heteroatoms. The standard InChI is InChI=1S/C28H44N2O4/c1-6-7-8-9-10-11-12-13-18-34-26(31)15-17-30-28(33)24(5)27(32)29(30)16-14-25-22(3)19-21(2)20-23(25)4/h19-20,33H,6-18H2,1-5H3. The van der Waals surface area contributed by atoms with Gasteiger partial charge in [0.15, 0.2) is 0 Å². The van der Waals surface area contributed by atoms with Crippen LogP contribution in [0, 0.1) is 27.7 Å². The van der Waals surface area contributed by atoms with Gasteiger partial charge in [-0.2, -0.15) is 0 Å². The average Bonchev–Trinajstić information content (AvgIpc) is 2.99. The highest BCUT2D eigenvalue weighted by Gasteiger charge is 2.18. The quantitative estimate of drug-likeness (QED) is 0.258. The summed E-state index contributed by atoms with van der Waals surface area (Å²) in [6, 6.07) is 4.30. The van der Waals surface area contributed by atoms with E-state index in [0.717, 1.165) is 12.8 Å². The molecular weight excluding hydrogens is 428 g/mol. The lowest BCUT2D eigenvalue weighted by Crippen LogP contribution is -2.26. The fourth-order valence-electron chi connectivity index (χ4n) is 4.67. The van der Waals surface area contributed by atoms with Gasteiger partial charge < -0.3 is 9.84 Å². The number of nitrogens with zero attached hydrogens (tertiary/aromatic N) is 2. The Morgan fingerprint density at radius 1 is 0.882 bits per heavy atom. The largest absolute Gasteiger partial charge is 0.493 e. The van der Waals surface area contributed by atoms with E-state index in [0.29, 0.717) is 25.1 Å². The molecule has 0 radical (unpaired) electrons. The third-order valence-corrected chi connectivity index (χ3v) is 6.63. The number of carbonyl (C=O) groups is 1. The molecule has 1 aromatic heterocycles. The molecule has 0 saturated carbocycles. The number of rotatable bonds is 15. The average molecular weight is 473 g/mol. The second kappa shape index (κ2) is 14.0. The normalized spacial score (nSPS) is 11.2. The van der Waals surface area contributed by atoms with Crippen molar-refractivity contribution in [3.63, 3.8) is 0 Å². The first-order valence-electron chi connectivity index (χ1n) is 13.0. The third-order valence-electron chi connectivity index (χ3n) is 6.63. The first-order chi connectivity index (χ1) is 16.3. The van der Waals surface area contributed by atoms with E-state index < -0.39 is 0 Å². The fourth-order valence-corrected chi connectivity index (χ4v) is 4.67. The monoisotopic (exact) mass is 472 g/mol. The minimum absolute atomic E-state index is 0.0711. The van der Waals surface area contributed by atoms with Crippen LogP contribution in [0.5, 0.6) is 5.88 Å². The molecule has 0 aliphatic rings. The Kier molecular flexibility index (Phi) is 11.4. The SMILES string of the molecule is CCCCCCCCCCOC(=O)CCn1c(O)c(C)c(=O)n1CCc1c(C)cc(C)cc1C. The lowest BCUT2D eigenvalue weighted by atomic mass is 9.97. The summed E-state index contributed by atoms with van der Waals surface area (Å²) in [5.74, 6) is -0.365. The van der Waals surface area contributed by atoms with Crippen LogP contribution in [-0.2, 0) is 29.0 Å². The molecule has 0 aliphatic carbocycles.